The number of aliphatic imine (C=N–C) groups is 1. The molecule has 0 radical (unpaired) electrons. The Balaban J connectivity index is 1.95. The van der Waals surface area contributed by atoms with Crippen LogP contribution in [0.25, 0.3) is 5.70 Å². The number of halogens is 3. The van der Waals surface area contributed by atoms with Gasteiger partial charge in [0.2, 0.25) is 0 Å². The van der Waals surface area contributed by atoms with E-state index < -0.39 is 5.82 Å². The average molecular weight is 376 g/mol. The van der Waals surface area contributed by atoms with Gasteiger partial charge in [0.15, 0.2) is 16.8 Å². The Morgan fingerprint density at radius 2 is 2.04 bits per heavy atom. The maximum atomic E-state index is 13.8. The first kappa shape index (κ1) is 17.7. The minimum Gasteiger partial charge on any atom is -0.396 e. The van der Waals surface area contributed by atoms with Crippen molar-refractivity contribution in [3.63, 3.8) is 0 Å². The summed E-state index contributed by atoms with van der Waals surface area (Å²) in [7, 11) is 0. The number of hydrogen-bond donors (Lipinski definition) is 1. The second-order valence-corrected chi connectivity index (χ2v) is 5.47. The Morgan fingerprint density at radius 3 is 2.73 bits per heavy atom. The number of nitrogens with zero attached hydrogens (tertiary/aromatic N) is 4. The van der Waals surface area contributed by atoms with Gasteiger partial charge in [-0.05, 0) is 12.1 Å². The molecule has 2 aromatic heterocycles. The SMILES string of the molecule is N/C(=C\C(=NCc1ccccc1F)c1ccon1)c1ncc(F)c(Cl)n1. The van der Waals surface area contributed by atoms with E-state index in [1.807, 2.05) is 0 Å². The summed E-state index contributed by atoms with van der Waals surface area (Å²) in [5, 5.41) is 3.45. The molecule has 0 saturated carbocycles. The van der Waals surface area contributed by atoms with Crippen LogP contribution in [0.4, 0.5) is 8.78 Å². The first-order chi connectivity index (χ1) is 12.5. The van der Waals surface area contributed by atoms with Gasteiger partial charge in [0.05, 0.1) is 24.2 Å². The van der Waals surface area contributed by atoms with Crippen molar-refractivity contribution < 1.29 is 13.3 Å². The van der Waals surface area contributed by atoms with Gasteiger partial charge in [-0.25, -0.2) is 18.7 Å². The number of aromatic nitrogens is 3. The van der Waals surface area contributed by atoms with E-state index in [1.54, 1.807) is 24.3 Å². The van der Waals surface area contributed by atoms with Crippen LogP contribution >= 0.6 is 11.6 Å². The van der Waals surface area contributed by atoms with Gasteiger partial charge in [-0.2, -0.15) is 0 Å². The Kier molecular flexibility index (Phi) is 5.33. The summed E-state index contributed by atoms with van der Waals surface area (Å²) in [4.78, 5) is 11.9. The third-order valence-corrected chi connectivity index (χ3v) is 3.59. The maximum Gasteiger partial charge on any atom is 0.178 e. The minimum absolute atomic E-state index is 0.0264. The number of benzene rings is 1. The highest BCUT2D eigenvalue weighted by Crippen LogP contribution is 2.14. The minimum atomic E-state index is -0.756. The van der Waals surface area contributed by atoms with Crippen LogP contribution in [0.15, 0.2) is 58.4 Å². The van der Waals surface area contributed by atoms with Crippen LogP contribution in [0.1, 0.15) is 17.1 Å². The predicted molar refractivity (Wildman–Crippen MR) is 92.3 cm³/mol. The highest BCUT2D eigenvalue weighted by molar-refractivity contribution is 6.29. The molecule has 0 saturated heterocycles. The fourth-order valence-electron chi connectivity index (χ4n) is 2.04. The largest absolute Gasteiger partial charge is 0.396 e. The summed E-state index contributed by atoms with van der Waals surface area (Å²) < 4.78 is 31.8. The standard InChI is InChI=1S/C17H12ClF2N5O/c18-16-12(20)9-23-17(24-16)13(21)7-15(14-5-6-26-25-14)22-8-10-3-1-2-4-11(10)19/h1-7,9H,8,21H2/b13-7-,22-15?. The molecule has 0 aliphatic heterocycles. The summed E-state index contributed by atoms with van der Waals surface area (Å²) in [6.45, 7) is 0.0592. The van der Waals surface area contributed by atoms with E-state index >= 15 is 0 Å². The predicted octanol–water partition coefficient (Wildman–Crippen LogP) is 3.39. The van der Waals surface area contributed by atoms with Crippen molar-refractivity contribution in [2.45, 2.75) is 6.54 Å². The molecule has 0 spiro atoms. The lowest BCUT2D eigenvalue weighted by Gasteiger charge is -2.04. The molecule has 2 N–H and O–H groups in total. The van der Waals surface area contributed by atoms with Crippen LogP contribution in [-0.4, -0.2) is 20.8 Å². The molecule has 0 atom stereocenters. The normalized spacial score (nSPS) is 12.4. The van der Waals surface area contributed by atoms with Crippen molar-refractivity contribution in [2.24, 2.45) is 10.7 Å². The molecule has 0 amide bonds. The van der Waals surface area contributed by atoms with E-state index in [0.29, 0.717) is 17.0 Å². The molecule has 1 aromatic carbocycles. The molecule has 0 unspecified atom stereocenters. The van der Waals surface area contributed by atoms with E-state index in [2.05, 4.69) is 20.1 Å². The zero-order valence-corrected chi connectivity index (χ0v) is 14.0. The van der Waals surface area contributed by atoms with Gasteiger partial charge in [-0.15, -0.1) is 0 Å². The summed E-state index contributed by atoms with van der Waals surface area (Å²) in [5.41, 5.74) is 7.16. The first-order valence-corrected chi connectivity index (χ1v) is 7.76. The zero-order chi connectivity index (χ0) is 18.5. The van der Waals surface area contributed by atoms with E-state index in [9.17, 15) is 8.78 Å². The molecule has 132 valence electrons. The van der Waals surface area contributed by atoms with Crippen LogP contribution in [0.3, 0.4) is 0 Å². The molecule has 3 rings (SSSR count). The van der Waals surface area contributed by atoms with Crippen LogP contribution in [0.2, 0.25) is 5.15 Å². The summed E-state index contributed by atoms with van der Waals surface area (Å²) in [6, 6.07) is 7.84. The Bertz CT molecular complexity index is 973. The number of nitrogens with two attached hydrogens (primary N) is 1. The smallest absolute Gasteiger partial charge is 0.178 e. The van der Waals surface area contributed by atoms with Gasteiger partial charge in [0.1, 0.15) is 17.8 Å². The van der Waals surface area contributed by atoms with Crippen LogP contribution in [-0.2, 0) is 6.54 Å². The molecule has 0 aliphatic rings. The van der Waals surface area contributed by atoms with Gasteiger partial charge >= 0.3 is 0 Å². The van der Waals surface area contributed by atoms with Crippen molar-refractivity contribution in [1.29, 1.82) is 0 Å². The lowest BCUT2D eigenvalue weighted by Crippen LogP contribution is -2.08. The molecule has 6 nitrogen and oxygen atoms in total. The van der Waals surface area contributed by atoms with Crippen molar-refractivity contribution in [1.82, 2.24) is 15.1 Å². The molecule has 0 fully saturated rings. The molecular formula is C17H12ClF2N5O. The monoisotopic (exact) mass is 375 g/mol. The van der Waals surface area contributed by atoms with Crippen LogP contribution in [0.5, 0.6) is 0 Å². The van der Waals surface area contributed by atoms with E-state index in [0.717, 1.165) is 6.20 Å². The number of allylic oxidation sites excluding steroid dienone is 1. The molecule has 0 aliphatic carbocycles. The second kappa shape index (κ2) is 7.83. The third-order valence-electron chi connectivity index (χ3n) is 3.33. The molecule has 9 heteroatoms. The van der Waals surface area contributed by atoms with Gasteiger partial charge in [0, 0.05) is 11.6 Å². The van der Waals surface area contributed by atoms with E-state index in [4.69, 9.17) is 21.9 Å². The van der Waals surface area contributed by atoms with Crippen LogP contribution < -0.4 is 5.73 Å². The lowest BCUT2D eigenvalue weighted by atomic mass is 10.2. The second-order valence-electron chi connectivity index (χ2n) is 5.11. The third kappa shape index (κ3) is 4.09. The van der Waals surface area contributed by atoms with Crippen molar-refractivity contribution in [3.8, 4) is 0 Å². The summed E-state index contributed by atoms with van der Waals surface area (Å²) in [6.07, 6.45) is 3.71. The maximum absolute atomic E-state index is 13.8. The molecular weight excluding hydrogens is 364 g/mol. The Hall–Kier alpha value is -3.13. The van der Waals surface area contributed by atoms with E-state index in [1.165, 1.54) is 18.4 Å². The van der Waals surface area contributed by atoms with Gasteiger partial charge in [0.25, 0.3) is 0 Å². The summed E-state index contributed by atoms with van der Waals surface area (Å²) >= 11 is 5.64. The van der Waals surface area contributed by atoms with Gasteiger partial charge in [-0.1, -0.05) is 35.0 Å². The Labute approximate surface area is 152 Å². The van der Waals surface area contributed by atoms with Crippen LogP contribution in [0, 0.1) is 11.6 Å². The molecule has 0 bridgehead atoms. The van der Waals surface area contributed by atoms with Gasteiger partial charge < -0.3 is 10.3 Å². The topological polar surface area (TPSA) is 90.2 Å². The number of rotatable bonds is 5. The highest BCUT2D eigenvalue weighted by Gasteiger charge is 2.11. The van der Waals surface area contributed by atoms with E-state index in [-0.39, 0.29) is 29.0 Å². The van der Waals surface area contributed by atoms with Crippen molar-refractivity contribution >= 4 is 23.0 Å². The zero-order valence-electron chi connectivity index (χ0n) is 13.2. The lowest BCUT2D eigenvalue weighted by molar-refractivity contribution is 0.418. The number of hydrogen-bond acceptors (Lipinski definition) is 6. The molecule has 3 aromatic rings. The van der Waals surface area contributed by atoms with Crippen molar-refractivity contribution in [3.05, 3.63) is 82.7 Å². The highest BCUT2D eigenvalue weighted by atomic mass is 35.5. The van der Waals surface area contributed by atoms with Gasteiger partial charge in [-0.3, -0.25) is 4.99 Å². The quantitative estimate of drug-likeness (QED) is 0.545. The first-order valence-electron chi connectivity index (χ1n) is 7.39. The average Bonchev–Trinajstić information content (AvgIpc) is 3.16. The fraction of sp³-hybridized carbons (Fsp3) is 0.0588. The Morgan fingerprint density at radius 1 is 1.23 bits per heavy atom. The van der Waals surface area contributed by atoms with Crippen molar-refractivity contribution in [2.75, 3.05) is 0 Å². The molecule has 26 heavy (non-hydrogen) atoms. The summed E-state index contributed by atoms with van der Waals surface area (Å²) in [5.74, 6) is -1.10. The molecule has 2 heterocycles. The fourth-order valence-corrected chi connectivity index (χ4v) is 2.17.